The molecule has 0 unspecified atom stereocenters. The first kappa shape index (κ1) is 22.4. The molecule has 3 nitrogen and oxygen atoms in total. The number of piperazine rings is 1. The Morgan fingerprint density at radius 3 is 2.38 bits per heavy atom. The van der Waals surface area contributed by atoms with E-state index in [1.807, 2.05) is 6.92 Å². The fraction of sp³-hybridized carbons (Fsp3) is 0.640. The number of Topliss-reactive ketones (excluding diaryl/α,β-unsaturated/α-hetero) is 1. The third kappa shape index (κ3) is 5.24. The maximum absolute atomic E-state index is 11.8. The molecular formula is C25H37ClN2O. The zero-order chi connectivity index (χ0) is 19.4. The molecule has 4 heteroatoms. The lowest BCUT2D eigenvalue weighted by molar-refractivity contribution is -0.119. The fourth-order valence-corrected chi connectivity index (χ4v) is 5.47. The minimum Gasteiger partial charge on any atom is -0.368 e. The zero-order valence-corrected chi connectivity index (χ0v) is 18.8. The van der Waals surface area contributed by atoms with Gasteiger partial charge < -0.3 is 4.90 Å². The largest absolute Gasteiger partial charge is 0.368 e. The molecule has 0 amide bonds. The van der Waals surface area contributed by atoms with E-state index in [9.17, 15) is 4.79 Å². The maximum atomic E-state index is 11.8. The topological polar surface area (TPSA) is 23.6 Å². The minimum atomic E-state index is 0. The van der Waals surface area contributed by atoms with Gasteiger partial charge in [-0.1, -0.05) is 50.5 Å². The summed E-state index contributed by atoms with van der Waals surface area (Å²) in [7, 11) is 0. The van der Waals surface area contributed by atoms with Gasteiger partial charge in [0.1, 0.15) is 5.78 Å². The molecule has 1 spiro atoms. The van der Waals surface area contributed by atoms with Crippen LogP contribution in [0, 0.1) is 5.41 Å². The van der Waals surface area contributed by atoms with Gasteiger partial charge in [-0.3, -0.25) is 9.69 Å². The van der Waals surface area contributed by atoms with E-state index in [2.05, 4.69) is 40.1 Å². The zero-order valence-electron chi connectivity index (χ0n) is 18.0. The number of halogens is 1. The Kier molecular flexibility index (Phi) is 7.81. The molecule has 0 aromatic heterocycles. The number of anilines is 1. The highest BCUT2D eigenvalue weighted by Crippen LogP contribution is 2.49. The second-order valence-corrected chi connectivity index (χ2v) is 9.17. The van der Waals surface area contributed by atoms with Crippen molar-refractivity contribution >= 4 is 29.5 Å². The number of rotatable bonds is 5. The molecule has 3 aliphatic rings. The van der Waals surface area contributed by atoms with E-state index in [1.54, 1.807) is 5.57 Å². The van der Waals surface area contributed by atoms with Crippen LogP contribution in [0.25, 0.3) is 5.57 Å². The number of allylic oxidation sites excluding steroid dienone is 2. The van der Waals surface area contributed by atoms with Crippen molar-refractivity contribution in [2.75, 3.05) is 37.6 Å². The number of benzene rings is 1. The summed E-state index contributed by atoms with van der Waals surface area (Å²) in [5, 5.41) is 0. The molecule has 1 heterocycles. The molecule has 1 saturated heterocycles. The van der Waals surface area contributed by atoms with Gasteiger partial charge in [0, 0.05) is 43.9 Å². The second-order valence-electron chi connectivity index (χ2n) is 9.17. The SMILES string of the molecule is CCC(=O)CN1CCN(c2ccccc2C2=CCC3(CCCCC3)CC2)CC1.Cl. The van der Waals surface area contributed by atoms with Gasteiger partial charge in [0.05, 0.1) is 6.54 Å². The van der Waals surface area contributed by atoms with E-state index >= 15 is 0 Å². The highest BCUT2D eigenvalue weighted by atomic mass is 35.5. The molecular weight excluding hydrogens is 380 g/mol. The van der Waals surface area contributed by atoms with Crippen molar-refractivity contribution in [2.45, 2.75) is 64.7 Å². The van der Waals surface area contributed by atoms with Gasteiger partial charge in [-0.15, -0.1) is 12.4 Å². The molecule has 29 heavy (non-hydrogen) atoms. The summed E-state index contributed by atoms with van der Waals surface area (Å²) in [6.45, 7) is 6.60. The van der Waals surface area contributed by atoms with Gasteiger partial charge >= 0.3 is 0 Å². The van der Waals surface area contributed by atoms with Crippen LogP contribution in [-0.2, 0) is 4.79 Å². The van der Waals surface area contributed by atoms with Crippen molar-refractivity contribution in [1.29, 1.82) is 0 Å². The van der Waals surface area contributed by atoms with E-state index in [4.69, 9.17) is 0 Å². The highest BCUT2D eigenvalue weighted by molar-refractivity contribution is 5.85. The fourth-order valence-electron chi connectivity index (χ4n) is 5.47. The molecule has 0 radical (unpaired) electrons. The standard InChI is InChI=1S/C25H36N2O.ClH/c1-2-22(28)20-26-16-18-27(19-17-26)24-9-5-4-8-23(24)21-10-14-25(15-11-21)12-6-3-7-13-25;/h4-5,8-10H,2-3,6-7,11-20H2,1H3;1H. The molecule has 4 rings (SSSR count). The van der Waals surface area contributed by atoms with Crippen LogP contribution in [0.4, 0.5) is 5.69 Å². The van der Waals surface area contributed by atoms with Gasteiger partial charge in [-0.25, -0.2) is 0 Å². The average molecular weight is 417 g/mol. The van der Waals surface area contributed by atoms with Crippen LogP contribution in [0.5, 0.6) is 0 Å². The predicted molar refractivity (Wildman–Crippen MR) is 125 cm³/mol. The molecule has 0 bridgehead atoms. The lowest BCUT2D eigenvalue weighted by Gasteiger charge is -2.41. The Hall–Kier alpha value is -1.32. The summed E-state index contributed by atoms with van der Waals surface area (Å²) in [6, 6.07) is 9.00. The van der Waals surface area contributed by atoms with Gasteiger partial charge in [0.2, 0.25) is 0 Å². The Bertz CT molecular complexity index is 715. The monoisotopic (exact) mass is 416 g/mol. The summed E-state index contributed by atoms with van der Waals surface area (Å²) in [5.41, 5.74) is 5.03. The normalized spacial score (nSPS) is 22.1. The molecule has 0 atom stereocenters. The summed E-state index contributed by atoms with van der Waals surface area (Å²) >= 11 is 0. The van der Waals surface area contributed by atoms with Crippen molar-refractivity contribution < 1.29 is 4.79 Å². The third-order valence-electron chi connectivity index (χ3n) is 7.38. The van der Waals surface area contributed by atoms with Crippen LogP contribution in [0.2, 0.25) is 0 Å². The van der Waals surface area contributed by atoms with Crippen molar-refractivity contribution in [3.8, 4) is 0 Å². The lowest BCUT2D eigenvalue weighted by atomic mass is 9.65. The first-order valence-electron chi connectivity index (χ1n) is 11.5. The van der Waals surface area contributed by atoms with E-state index in [1.165, 1.54) is 62.6 Å². The maximum Gasteiger partial charge on any atom is 0.146 e. The lowest BCUT2D eigenvalue weighted by Crippen LogP contribution is -2.48. The molecule has 1 saturated carbocycles. The first-order valence-corrected chi connectivity index (χ1v) is 11.5. The Balaban J connectivity index is 0.00000240. The van der Waals surface area contributed by atoms with Crippen LogP contribution < -0.4 is 4.90 Å². The molecule has 0 N–H and O–H groups in total. The van der Waals surface area contributed by atoms with Crippen molar-refractivity contribution in [3.63, 3.8) is 0 Å². The number of hydrogen-bond donors (Lipinski definition) is 0. The predicted octanol–water partition coefficient (Wildman–Crippen LogP) is 5.73. The molecule has 1 aromatic carbocycles. The summed E-state index contributed by atoms with van der Waals surface area (Å²) in [5.74, 6) is 0.359. The molecule has 2 fully saturated rings. The van der Waals surface area contributed by atoms with E-state index in [0.29, 0.717) is 24.2 Å². The highest BCUT2D eigenvalue weighted by Gasteiger charge is 2.34. The van der Waals surface area contributed by atoms with Crippen LogP contribution >= 0.6 is 12.4 Å². The number of nitrogens with zero attached hydrogens (tertiary/aromatic N) is 2. The number of carbonyl (C=O) groups excluding carboxylic acids is 1. The Morgan fingerprint density at radius 1 is 1.00 bits per heavy atom. The second kappa shape index (κ2) is 10.1. The number of carbonyl (C=O) groups is 1. The van der Waals surface area contributed by atoms with E-state index in [-0.39, 0.29) is 12.4 Å². The van der Waals surface area contributed by atoms with E-state index < -0.39 is 0 Å². The average Bonchev–Trinajstić information content (AvgIpc) is 2.75. The molecule has 2 aliphatic carbocycles. The third-order valence-corrected chi connectivity index (χ3v) is 7.38. The molecule has 1 aliphatic heterocycles. The van der Waals surface area contributed by atoms with Crippen LogP contribution in [0.3, 0.4) is 0 Å². The molecule has 160 valence electrons. The smallest absolute Gasteiger partial charge is 0.146 e. The van der Waals surface area contributed by atoms with Crippen LogP contribution in [0.15, 0.2) is 30.3 Å². The van der Waals surface area contributed by atoms with Gasteiger partial charge in [0.15, 0.2) is 0 Å². The van der Waals surface area contributed by atoms with Crippen LogP contribution in [0.1, 0.15) is 70.3 Å². The van der Waals surface area contributed by atoms with Crippen molar-refractivity contribution in [3.05, 3.63) is 35.9 Å². The number of hydrogen-bond acceptors (Lipinski definition) is 3. The van der Waals surface area contributed by atoms with Gasteiger partial charge in [-0.05, 0) is 49.2 Å². The van der Waals surface area contributed by atoms with Gasteiger partial charge in [0.25, 0.3) is 0 Å². The van der Waals surface area contributed by atoms with Crippen molar-refractivity contribution in [2.24, 2.45) is 5.41 Å². The quantitative estimate of drug-likeness (QED) is 0.612. The Morgan fingerprint density at radius 2 is 1.72 bits per heavy atom. The molecule has 1 aromatic rings. The van der Waals surface area contributed by atoms with E-state index in [0.717, 1.165) is 26.2 Å². The Labute approximate surface area is 182 Å². The summed E-state index contributed by atoms with van der Waals surface area (Å²) in [4.78, 5) is 16.6. The number of para-hydroxylation sites is 1. The van der Waals surface area contributed by atoms with Crippen molar-refractivity contribution in [1.82, 2.24) is 4.90 Å². The first-order chi connectivity index (χ1) is 13.7. The minimum absolute atomic E-state index is 0. The summed E-state index contributed by atoms with van der Waals surface area (Å²) < 4.78 is 0. The number of ketones is 1. The summed E-state index contributed by atoms with van der Waals surface area (Å²) in [6.07, 6.45) is 14.3. The van der Waals surface area contributed by atoms with Crippen LogP contribution in [-0.4, -0.2) is 43.4 Å². The van der Waals surface area contributed by atoms with Gasteiger partial charge in [-0.2, -0.15) is 0 Å².